The molecule has 1 aromatic carbocycles. The van der Waals surface area contributed by atoms with Crippen LogP contribution in [0.15, 0.2) is 70.8 Å². The Morgan fingerprint density at radius 3 is 2.76 bits per heavy atom. The lowest BCUT2D eigenvalue weighted by atomic mass is 9.98. The van der Waals surface area contributed by atoms with Gasteiger partial charge >= 0.3 is 0 Å². The van der Waals surface area contributed by atoms with Crippen molar-refractivity contribution in [3.8, 4) is 29.1 Å². The number of nitrogens with two attached hydrogens (primary N) is 1. The summed E-state index contributed by atoms with van der Waals surface area (Å²) in [4.78, 5) is 8.96. The number of rotatable bonds is 5. The van der Waals surface area contributed by atoms with E-state index in [1.54, 1.807) is 6.20 Å². The molecule has 7 heteroatoms. The molecule has 29 heavy (non-hydrogen) atoms. The summed E-state index contributed by atoms with van der Waals surface area (Å²) in [5, 5.41) is 17.2. The van der Waals surface area contributed by atoms with Gasteiger partial charge in [-0.1, -0.05) is 48.1 Å². The van der Waals surface area contributed by atoms with Crippen molar-refractivity contribution in [2.75, 3.05) is 5.73 Å². The van der Waals surface area contributed by atoms with E-state index in [1.165, 1.54) is 0 Å². The summed E-state index contributed by atoms with van der Waals surface area (Å²) in [5.74, 6) is 0.817. The fraction of sp³-hybridized carbons (Fsp3) is 0.136. The Bertz CT molecular complexity index is 1150. The zero-order valence-corrected chi connectivity index (χ0v) is 15.6. The van der Waals surface area contributed by atoms with E-state index in [0.717, 1.165) is 23.1 Å². The van der Waals surface area contributed by atoms with Crippen molar-refractivity contribution in [2.24, 2.45) is 0 Å². The van der Waals surface area contributed by atoms with E-state index in [9.17, 15) is 0 Å². The number of hydrogen-bond donors (Lipinski definition) is 1. The SMILES string of the molecule is N#CCCC1=C(c2cnc(N)c(-c3nnc(-c4ccccc4)o3)n2)C=CC=CC1. The van der Waals surface area contributed by atoms with Gasteiger partial charge in [-0.3, -0.25) is 0 Å². The Morgan fingerprint density at radius 2 is 1.93 bits per heavy atom. The molecule has 0 atom stereocenters. The average Bonchev–Trinajstić information content (AvgIpc) is 3.13. The molecule has 0 fully saturated rings. The predicted molar refractivity (Wildman–Crippen MR) is 110 cm³/mol. The third kappa shape index (κ3) is 3.96. The van der Waals surface area contributed by atoms with E-state index in [0.29, 0.717) is 30.1 Å². The molecule has 1 aliphatic carbocycles. The number of hydrogen-bond acceptors (Lipinski definition) is 7. The van der Waals surface area contributed by atoms with Gasteiger partial charge in [-0.05, 0) is 25.0 Å². The number of allylic oxidation sites excluding steroid dienone is 6. The Labute approximate surface area is 167 Å². The van der Waals surface area contributed by atoms with Gasteiger partial charge in [0, 0.05) is 17.6 Å². The topological polar surface area (TPSA) is 115 Å². The molecule has 2 aromatic heterocycles. The summed E-state index contributed by atoms with van der Waals surface area (Å²) in [6.07, 6.45) is 11.5. The van der Waals surface area contributed by atoms with E-state index >= 15 is 0 Å². The molecule has 0 bridgehead atoms. The van der Waals surface area contributed by atoms with Gasteiger partial charge in [0.25, 0.3) is 5.89 Å². The standard InChI is InChI=1S/C22H18N6O/c23-13-7-11-15-8-3-2-6-12-17(15)18-14-25-20(24)19(26-18)22-28-27-21(29-22)16-9-4-1-5-10-16/h1-6,9-10,12,14H,7-8,11H2,(H2,24,25). The minimum Gasteiger partial charge on any atom is -0.414 e. The molecule has 142 valence electrons. The monoisotopic (exact) mass is 382 g/mol. The van der Waals surface area contributed by atoms with Crippen LogP contribution >= 0.6 is 0 Å². The molecule has 7 nitrogen and oxygen atoms in total. The van der Waals surface area contributed by atoms with Crippen molar-refractivity contribution in [3.63, 3.8) is 0 Å². The van der Waals surface area contributed by atoms with Crippen molar-refractivity contribution in [1.82, 2.24) is 20.2 Å². The second kappa shape index (κ2) is 8.31. The second-order valence-corrected chi connectivity index (χ2v) is 6.43. The van der Waals surface area contributed by atoms with Crippen molar-refractivity contribution >= 4 is 11.4 Å². The molecule has 0 radical (unpaired) electrons. The molecule has 0 unspecified atom stereocenters. The largest absolute Gasteiger partial charge is 0.414 e. The van der Waals surface area contributed by atoms with Crippen LogP contribution in [0.5, 0.6) is 0 Å². The third-order valence-corrected chi connectivity index (χ3v) is 4.52. The van der Waals surface area contributed by atoms with Crippen LogP contribution in [0.1, 0.15) is 25.0 Å². The van der Waals surface area contributed by atoms with Crippen LogP contribution < -0.4 is 5.73 Å². The number of nitrogen functional groups attached to an aromatic ring is 1. The first-order chi connectivity index (χ1) is 14.3. The third-order valence-electron chi connectivity index (χ3n) is 4.52. The van der Waals surface area contributed by atoms with Crippen molar-refractivity contribution in [3.05, 3.63) is 72.1 Å². The molecule has 0 saturated heterocycles. The van der Waals surface area contributed by atoms with Crippen LogP contribution in [-0.2, 0) is 0 Å². The minimum atomic E-state index is 0.214. The predicted octanol–water partition coefficient (Wildman–Crippen LogP) is 4.35. The van der Waals surface area contributed by atoms with Crippen LogP contribution in [0.3, 0.4) is 0 Å². The highest BCUT2D eigenvalue weighted by Gasteiger charge is 2.18. The second-order valence-electron chi connectivity index (χ2n) is 6.43. The van der Waals surface area contributed by atoms with Gasteiger partial charge in [0.2, 0.25) is 5.89 Å². The highest BCUT2D eigenvalue weighted by molar-refractivity contribution is 5.77. The smallest absolute Gasteiger partial charge is 0.270 e. The summed E-state index contributed by atoms with van der Waals surface area (Å²) >= 11 is 0. The molecule has 0 saturated carbocycles. The number of benzene rings is 1. The molecule has 2 N–H and O–H groups in total. The van der Waals surface area contributed by atoms with Gasteiger partial charge in [0.1, 0.15) is 0 Å². The maximum Gasteiger partial charge on any atom is 0.270 e. The Kier molecular flexibility index (Phi) is 5.25. The van der Waals surface area contributed by atoms with E-state index in [4.69, 9.17) is 15.4 Å². The summed E-state index contributed by atoms with van der Waals surface area (Å²) in [6, 6.07) is 11.7. The summed E-state index contributed by atoms with van der Waals surface area (Å²) in [7, 11) is 0. The molecule has 4 rings (SSSR count). The Balaban J connectivity index is 1.74. The molecule has 2 heterocycles. The lowest BCUT2D eigenvalue weighted by Crippen LogP contribution is -2.02. The summed E-state index contributed by atoms with van der Waals surface area (Å²) in [5.41, 5.74) is 9.92. The molecule has 0 amide bonds. The Hall–Kier alpha value is -4.05. The van der Waals surface area contributed by atoms with Crippen LogP contribution in [0, 0.1) is 11.3 Å². The molecular formula is C22H18N6O. The quantitative estimate of drug-likeness (QED) is 0.697. The summed E-state index contributed by atoms with van der Waals surface area (Å²) in [6.45, 7) is 0. The van der Waals surface area contributed by atoms with E-state index in [-0.39, 0.29) is 11.7 Å². The molecule has 1 aliphatic rings. The number of anilines is 1. The molecular weight excluding hydrogens is 364 g/mol. The van der Waals surface area contributed by atoms with Gasteiger partial charge in [-0.25, -0.2) is 9.97 Å². The lowest BCUT2D eigenvalue weighted by molar-refractivity contribution is 0.582. The molecule has 0 spiro atoms. The fourth-order valence-electron chi connectivity index (χ4n) is 3.08. The van der Waals surface area contributed by atoms with E-state index in [1.807, 2.05) is 48.6 Å². The van der Waals surface area contributed by atoms with E-state index < -0.39 is 0 Å². The van der Waals surface area contributed by atoms with Crippen LogP contribution in [0.25, 0.3) is 28.6 Å². The van der Waals surface area contributed by atoms with Crippen molar-refractivity contribution < 1.29 is 4.42 Å². The highest BCUT2D eigenvalue weighted by Crippen LogP contribution is 2.30. The summed E-state index contributed by atoms with van der Waals surface area (Å²) < 4.78 is 5.80. The molecule has 0 aliphatic heterocycles. The fourth-order valence-corrected chi connectivity index (χ4v) is 3.08. The zero-order chi connectivity index (χ0) is 20.1. The van der Waals surface area contributed by atoms with E-state index in [2.05, 4.69) is 32.3 Å². The number of nitrogens with zero attached hydrogens (tertiary/aromatic N) is 5. The average molecular weight is 382 g/mol. The van der Waals surface area contributed by atoms with Gasteiger partial charge in [-0.2, -0.15) is 5.26 Å². The first kappa shape index (κ1) is 18.3. The highest BCUT2D eigenvalue weighted by atomic mass is 16.4. The van der Waals surface area contributed by atoms with Crippen LogP contribution in [0.2, 0.25) is 0 Å². The maximum absolute atomic E-state index is 8.97. The van der Waals surface area contributed by atoms with Gasteiger partial charge in [-0.15, -0.1) is 10.2 Å². The maximum atomic E-state index is 8.97. The van der Waals surface area contributed by atoms with Crippen LogP contribution in [-0.4, -0.2) is 20.2 Å². The first-order valence-corrected chi connectivity index (χ1v) is 9.20. The minimum absolute atomic E-state index is 0.214. The Morgan fingerprint density at radius 1 is 1.10 bits per heavy atom. The number of aromatic nitrogens is 4. The van der Waals surface area contributed by atoms with Gasteiger partial charge in [0.15, 0.2) is 11.5 Å². The lowest BCUT2D eigenvalue weighted by Gasteiger charge is -2.10. The van der Waals surface area contributed by atoms with Gasteiger partial charge < -0.3 is 10.2 Å². The van der Waals surface area contributed by atoms with Gasteiger partial charge in [0.05, 0.1) is 18.0 Å². The normalized spacial score (nSPS) is 13.3. The zero-order valence-electron chi connectivity index (χ0n) is 15.6. The first-order valence-electron chi connectivity index (χ1n) is 9.20. The van der Waals surface area contributed by atoms with Crippen LogP contribution in [0.4, 0.5) is 5.82 Å². The van der Waals surface area contributed by atoms with Crippen molar-refractivity contribution in [1.29, 1.82) is 5.26 Å². The molecule has 3 aromatic rings. The van der Waals surface area contributed by atoms with Crippen molar-refractivity contribution in [2.45, 2.75) is 19.3 Å². The number of nitriles is 1.